The van der Waals surface area contributed by atoms with Crippen LogP contribution in [-0.4, -0.2) is 34.9 Å². The maximum Gasteiger partial charge on any atom is 0.416 e. The zero-order valence-electron chi connectivity index (χ0n) is 18.0. The second-order valence-electron chi connectivity index (χ2n) is 10.2. The molecule has 0 radical (unpaired) electrons. The molecule has 0 aromatic heterocycles. The van der Waals surface area contributed by atoms with Crippen LogP contribution >= 0.6 is 0 Å². The number of aliphatic hydroxyl groups excluding tert-OH is 1. The first kappa shape index (κ1) is 22.9. The van der Waals surface area contributed by atoms with Crippen LogP contribution in [0.1, 0.15) is 70.4 Å². The predicted molar refractivity (Wildman–Crippen MR) is 108 cm³/mol. The number of aliphatic hydroxyl groups is 1. The van der Waals surface area contributed by atoms with Crippen LogP contribution in [0.25, 0.3) is 0 Å². The molecule has 3 fully saturated rings. The number of halogens is 3. The second-order valence-corrected chi connectivity index (χ2v) is 10.2. The van der Waals surface area contributed by atoms with Crippen molar-refractivity contribution in [3.05, 3.63) is 35.4 Å². The average molecular weight is 428 g/mol. The van der Waals surface area contributed by atoms with Crippen molar-refractivity contribution in [2.24, 2.45) is 10.8 Å². The minimum Gasteiger partial charge on any atom is -0.444 e. The molecule has 3 saturated carbocycles. The normalized spacial score (nSPS) is 26.5. The molecule has 0 aliphatic heterocycles. The van der Waals surface area contributed by atoms with Crippen molar-refractivity contribution >= 4 is 6.09 Å². The lowest BCUT2D eigenvalue weighted by atomic mass is 9.54. The predicted octanol–water partition coefficient (Wildman–Crippen LogP) is 5.78. The summed E-state index contributed by atoms with van der Waals surface area (Å²) in [6.07, 6.45) is 0.588. The highest BCUT2D eigenvalue weighted by Crippen LogP contribution is 2.57. The number of benzene rings is 1. The summed E-state index contributed by atoms with van der Waals surface area (Å²) in [5.74, 6) is 0. The lowest BCUT2D eigenvalue weighted by Crippen LogP contribution is -2.50. The van der Waals surface area contributed by atoms with Gasteiger partial charge >= 0.3 is 12.3 Å². The number of nitrogens with zero attached hydrogens (tertiary/aromatic N) is 1. The molecular weight excluding hydrogens is 395 g/mol. The van der Waals surface area contributed by atoms with Gasteiger partial charge in [-0.3, -0.25) is 0 Å². The molecular formula is C23H32F3NO3. The maximum atomic E-state index is 13.1. The Labute approximate surface area is 176 Å². The molecule has 4 rings (SSSR count). The van der Waals surface area contributed by atoms with Crippen LogP contribution in [0, 0.1) is 10.8 Å². The molecule has 0 saturated heterocycles. The van der Waals surface area contributed by atoms with E-state index in [9.17, 15) is 23.1 Å². The molecule has 3 aliphatic rings. The Balaban J connectivity index is 1.81. The summed E-state index contributed by atoms with van der Waals surface area (Å²) in [5.41, 5.74) is -1.02. The quantitative estimate of drug-likeness (QED) is 0.648. The van der Waals surface area contributed by atoms with E-state index >= 15 is 0 Å². The lowest BCUT2D eigenvalue weighted by molar-refractivity contribution is -0.137. The third-order valence-corrected chi connectivity index (χ3v) is 6.70. The van der Waals surface area contributed by atoms with Gasteiger partial charge in [-0.05, 0) is 87.8 Å². The summed E-state index contributed by atoms with van der Waals surface area (Å²) in [5, 5.41) is 9.76. The highest BCUT2D eigenvalue weighted by atomic mass is 19.4. The highest BCUT2D eigenvalue weighted by molar-refractivity contribution is 5.68. The average Bonchev–Trinajstić information content (AvgIpc) is 2.67. The van der Waals surface area contributed by atoms with Gasteiger partial charge in [-0.15, -0.1) is 0 Å². The smallest absolute Gasteiger partial charge is 0.416 e. The first-order valence-electron chi connectivity index (χ1n) is 10.6. The van der Waals surface area contributed by atoms with Gasteiger partial charge in [0, 0.05) is 19.7 Å². The molecule has 3 aliphatic carbocycles. The second kappa shape index (κ2) is 8.06. The summed E-state index contributed by atoms with van der Waals surface area (Å²) in [4.78, 5) is 14.5. The zero-order valence-corrected chi connectivity index (χ0v) is 18.0. The van der Waals surface area contributed by atoms with E-state index < -0.39 is 23.4 Å². The van der Waals surface area contributed by atoms with E-state index in [4.69, 9.17) is 4.74 Å². The van der Waals surface area contributed by atoms with Crippen LogP contribution in [0.15, 0.2) is 24.3 Å². The topological polar surface area (TPSA) is 49.8 Å². The minimum absolute atomic E-state index is 0.0134. The van der Waals surface area contributed by atoms with Crippen molar-refractivity contribution in [2.75, 3.05) is 13.2 Å². The molecule has 1 aromatic carbocycles. The van der Waals surface area contributed by atoms with E-state index in [0.29, 0.717) is 12.1 Å². The Morgan fingerprint density at radius 3 is 2.13 bits per heavy atom. The Kier molecular flexibility index (Phi) is 6.16. The van der Waals surface area contributed by atoms with E-state index in [1.807, 2.05) is 0 Å². The Hall–Kier alpha value is -1.76. The molecule has 0 unspecified atom stereocenters. The van der Waals surface area contributed by atoms with E-state index in [-0.39, 0.29) is 24.0 Å². The molecule has 1 amide bonds. The Bertz CT molecular complexity index is 745. The molecule has 0 heterocycles. The summed E-state index contributed by atoms with van der Waals surface area (Å²) < 4.78 is 45.0. The zero-order chi connectivity index (χ0) is 22.2. The highest BCUT2D eigenvalue weighted by Gasteiger charge is 2.49. The van der Waals surface area contributed by atoms with E-state index in [1.165, 1.54) is 6.07 Å². The number of carbonyl (C=O) groups is 1. The Morgan fingerprint density at radius 2 is 1.63 bits per heavy atom. The van der Waals surface area contributed by atoms with Gasteiger partial charge in [0.2, 0.25) is 0 Å². The Morgan fingerprint density at radius 1 is 1.07 bits per heavy atom. The van der Waals surface area contributed by atoms with Gasteiger partial charge in [-0.1, -0.05) is 12.1 Å². The molecule has 168 valence electrons. The van der Waals surface area contributed by atoms with Crippen LogP contribution in [0.2, 0.25) is 0 Å². The van der Waals surface area contributed by atoms with Gasteiger partial charge in [-0.2, -0.15) is 13.2 Å². The van der Waals surface area contributed by atoms with Gasteiger partial charge < -0.3 is 14.7 Å². The number of fused-ring (bicyclic) bond motifs is 3. The van der Waals surface area contributed by atoms with Crippen LogP contribution in [0.3, 0.4) is 0 Å². The van der Waals surface area contributed by atoms with Crippen LogP contribution < -0.4 is 0 Å². The molecule has 7 heteroatoms. The first-order chi connectivity index (χ1) is 13.9. The van der Waals surface area contributed by atoms with E-state index in [1.54, 1.807) is 31.7 Å². The van der Waals surface area contributed by atoms with Crippen molar-refractivity contribution in [3.63, 3.8) is 0 Å². The van der Waals surface area contributed by atoms with Crippen LogP contribution in [-0.2, 0) is 17.5 Å². The number of ether oxygens (including phenoxy) is 1. The van der Waals surface area contributed by atoms with Crippen molar-refractivity contribution in [1.82, 2.24) is 4.90 Å². The van der Waals surface area contributed by atoms with E-state index in [0.717, 1.165) is 50.7 Å². The fourth-order valence-electron chi connectivity index (χ4n) is 4.80. The number of amides is 1. The van der Waals surface area contributed by atoms with Crippen LogP contribution in [0.4, 0.5) is 18.0 Å². The van der Waals surface area contributed by atoms with Gasteiger partial charge in [0.1, 0.15) is 5.60 Å². The molecule has 1 N–H and O–H groups in total. The third kappa shape index (κ3) is 5.29. The van der Waals surface area contributed by atoms with Gasteiger partial charge in [-0.25, -0.2) is 4.79 Å². The number of carbonyl (C=O) groups excluding carboxylic acids is 1. The largest absolute Gasteiger partial charge is 0.444 e. The minimum atomic E-state index is -4.42. The number of hydrogen-bond acceptors (Lipinski definition) is 3. The maximum absolute atomic E-state index is 13.1. The SMILES string of the molecule is CC(C)(C)OC(=O)N(Cc1cccc(C(F)(F)F)c1)CC12CCC(CO)(CC1)CC2. The monoisotopic (exact) mass is 427 g/mol. The standard InChI is InChI=1S/C23H32F3NO3/c1-20(2,3)30-19(29)27(14-17-5-4-6-18(13-17)23(24,25)26)15-21-7-10-22(16-28,11-8-21)12-9-21/h4-6,13,28H,7-12,14-16H2,1-3H3. The summed E-state index contributed by atoms with van der Waals surface area (Å²) in [7, 11) is 0. The third-order valence-electron chi connectivity index (χ3n) is 6.70. The summed E-state index contributed by atoms with van der Waals surface area (Å²) >= 11 is 0. The summed E-state index contributed by atoms with van der Waals surface area (Å²) in [6.45, 7) is 6.07. The fraction of sp³-hybridized carbons (Fsp3) is 0.696. The van der Waals surface area contributed by atoms with Crippen molar-refractivity contribution in [3.8, 4) is 0 Å². The van der Waals surface area contributed by atoms with E-state index in [2.05, 4.69) is 0 Å². The van der Waals surface area contributed by atoms with Crippen molar-refractivity contribution < 1.29 is 27.8 Å². The van der Waals surface area contributed by atoms with Crippen LogP contribution in [0.5, 0.6) is 0 Å². The van der Waals surface area contributed by atoms with Crippen molar-refractivity contribution in [1.29, 1.82) is 0 Å². The van der Waals surface area contributed by atoms with Gasteiger partial charge in [0.05, 0.1) is 5.56 Å². The molecule has 0 atom stereocenters. The first-order valence-corrected chi connectivity index (χ1v) is 10.6. The summed E-state index contributed by atoms with van der Waals surface area (Å²) in [6, 6.07) is 5.13. The van der Waals surface area contributed by atoms with Crippen molar-refractivity contribution in [2.45, 2.75) is 77.6 Å². The molecule has 30 heavy (non-hydrogen) atoms. The van der Waals surface area contributed by atoms with Gasteiger partial charge in [0.25, 0.3) is 0 Å². The van der Waals surface area contributed by atoms with Gasteiger partial charge in [0.15, 0.2) is 0 Å². The fourth-order valence-corrected chi connectivity index (χ4v) is 4.80. The number of hydrogen-bond donors (Lipinski definition) is 1. The molecule has 0 spiro atoms. The number of alkyl halides is 3. The molecule has 1 aromatic rings. The molecule has 2 bridgehead atoms. The molecule has 4 nitrogen and oxygen atoms in total. The lowest BCUT2D eigenvalue weighted by Gasteiger charge is -2.54. The number of rotatable bonds is 5.